The molecule has 1 unspecified atom stereocenters. The number of piperidine rings is 1. The second-order valence-electron chi connectivity index (χ2n) is 6.86. The number of ether oxygens (including phenoxy) is 2. The number of rotatable bonds is 4. The van der Waals surface area contributed by atoms with Gasteiger partial charge in [0.1, 0.15) is 11.8 Å². The average Bonchev–Trinajstić information content (AvgIpc) is 2.52. The molecule has 8 heteroatoms. The van der Waals surface area contributed by atoms with Crippen molar-refractivity contribution in [1.29, 1.82) is 0 Å². The molecule has 1 aliphatic heterocycles. The van der Waals surface area contributed by atoms with Gasteiger partial charge < -0.3 is 14.4 Å². The zero-order valence-corrected chi connectivity index (χ0v) is 14.2. The quantitative estimate of drug-likeness (QED) is 0.619. The van der Waals surface area contributed by atoms with Crippen LogP contribution >= 0.6 is 0 Å². The average molecular weight is 337 g/mol. The van der Waals surface area contributed by atoms with E-state index in [1.54, 1.807) is 4.90 Å². The topological polar surface area (TPSA) is 94.8 Å². The van der Waals surface area contributed by atoms with E-state index in [9.17, 15) is 14.9 Å². The first-order valence-electron chi connectivity index (χ1n) is 7.96. The van der Waals surface area contributed by atoms with Crippen molar-refractivity contribution in [3.05, 3.63) is 28.4 Å². The van der Waals surface area contributed by atoms with E-state index in [-0.39, 0.29) is 17.7 Å². The minimum Gasteiger partial charge on any atom is -0.477 e. The maximum absolute atomic E-state index is 12.1. The molecule has 24 heavy (non-hydrogen) atoms. The highest BCUT2D eigenvalue weighted by Crippen LogP contribution is 2.21. The first-order chi connectivity index (χ1) is 11.2. The van der Waals surface area contributed by atoms with Crippen LogP contribution in [0.4, 0.5) is 10.5 Å². The molecule has 1 fully saturated rings. The van der Waals surface area contributed by atoms with Gasteiger partial charge in [-0.3, -0.25) is 10.1 Å². The van der Waals surface area contributed by atoms with Gasteiger partial charge in [0.15, 0.2) is 0 Å². The number of nitrogens with zero attached hydrogens (tertiary/aromatic N) is 3. The standard InChI is InChI=1S/C16H23N3O5/c1-16(2,3)24-15(20)18-8-4-5-12(10-18)11-23-14-7-6-13(9-17-14)19(21)22/h6-7,9,12H,4-5,8,10-11H2,1-3H3. The minimum atomic E-state index is -0.511. The molecule has 1 amide bonds. The van der Waals surface area contributed by atoms with Gasteiger partial charge in [0, 0.05) is 31.1 Å². The van der Waals surface area contributed by atoms with Crippen LogP contribution in [0.25, 0.3) is 0 Å². The lowest BCUT2D eigenvalue weighted by atomic mass is 9.99. The molecule has 1 aromatic heterocycles. The molecule has 0 radical (unpaired) electrons. The molecule has 0 aromatic carbocycles. The number of aromatic nitrogens is 1. The molecule has 2 heterocycles. The first-order valence-corrected chi connectivity index (χ1v) is 7.96. The predicted molar refractivity (Wildman–Crippen MR) is 86.9 cm³/mol. The van der Waals surface area contributed by atoms with Crippen LogP contribution in [0.15, 0.2) is 18.3 Å². The van der Waals surface area contributed by atoms with E-state index >= 15 is 0 Å². The number of pyridine rings is 1. The summed E-state index contributed by atoms with van der Waals surface area (Å²) >= 11 is 0. The van der Waals surface area contributed by atoms with Gasteiger partial charge in [-0.05, 0) is 33.6 Å². The van der Waals surface area contributed by atoms with Crippen LogP contribution in [0.2, 0.25) is 0 Å². The molecule has 1 saturated heterocycles. The Morgan fingerprint density at radius 2 is 2.21 bits per heavy atom. The number of carbonyl (C=O) groups is 1. The van der Waals surface area contributed by atoms with Crippen LogP contribution in [-0.2, 0) is 4.74 Å². The molecule has 0 aliphatic carbocycles. The third-order valence-electron chi connectivity index (χ3n) is 3.57. The molecule has 1 aliphatic rings. The Bertz CT molecular complexity index is 582. The highest BCUT2D eigenvalue weighted by Gasteiger charge is 2.28. The van der Waals surface area contributed by atoms with E-state index in [0.29, 0.717) is 25.6 Å². The Kier molecular flexibility index (Phi) is 5.58. The molecule has 2 rings (SSSR count). The summed E-state index contributed by atoms with van der Waals surface area (Å²) in [6, 6.07) is 2.84. The molecule has 0 N–H and O–H groups in total. The second-order valence-corrected chi connectivity index (χ2v) is 6.86. The smallest absolute Gasteiger partial charge is 0.410 e. The van der Waals surface area contributed by atoms with Crippen molar-refractivity contribution in [3.8, 4) is 5.88 Å². The van der Waals surface area contributed by atoms with Crippen LogP contribution in [0.1, 0.15) is 33.6 Å². The lowest BCUT2D eigenvalue weighted by molar-refractivity contribution is -0.385. The van der Waals surface area contributed by atoms with Gasteiger partial charge in [0.25, 0.3) is 5.69 Å². The Balaban J connectivity index is 1.84. The molecule has 1 atom stereocenters. The molecular formula is C16H23N3O5. The summed E-state index contributed by atoms with van der Waals surface area (Å²) in [6.07, 6.45) is 2.71. The van der Waals surface area contributed by atoms with Gasteiger partial charge in [-0.15, -0.1) is 0 Å². The van der Waals surface area contributed by atoms with Crippen LogP contribution in [0, 0.1) is 16.0 Å². The Labute approximate surface area is 140 Å². The van der Waals surface area contributed by atoms with E-state index < -0.39 is 10.5 Å². The van der Waals surface area contributed by atoms with E-state index in [1.165, 1.54) is 18.3 Å². The molecule has 1 aromatic rings. The fourth-order valence-corrected chi connectivity index (χ4v) is 2.46. The zero-order valence-electron chi connectivity index (χ0n) is 14.2. The van der Waals surface area contributed by atoms with Gasteiger partial charge in [-0.2, -0.15) is 0 Å². The number of carbonyl (C=O) groups excluding carboxylic acids is 1. The maximum Gasteiger partial charge on any atom is 0.410 e. The minimum absolute atomic E-state index is 0.0730. The van der Waals surface area contributed by atoms with Crippen LogP contribution in [0.3, 0.4) is 0 Å². The summed E-state index contributed by atoms with van der Waals surface area (Å²) in [5, 5.41) is 10.6. The van der Waals surface area contributed by atoms with Crippen LogP contribution in [0.5, 0.6) is 5.88 Å². The van der Waals surface area contributed by atoms with Gasteiger partial charge >= 0.3 is 6.09 Å². The van der Waals surface area contributed by atoms with E-state index in [2.05, 4.69) is 4.98 Å². The van der Waals surface area contributed by atoms with Crippen molar-refractivity contribution in [1.82, 2.24) is 9.88 Å². The van der Waals surface area contributed by atoms with Gasteiger partial charge in [-0.25, -0.2) is 9.78 Å². The molecule has 8 nitrogen and oxygen atoms in total. The summed E-state index contributed by atoms with van der Waals surface area (Å²) < 4.78 is 11.0. The molecule has 0 spiro atoms. The van der Waals surface area contributed by atoms with Gasteiger partial charge in [-0.1, -0.05) is 0 Å². The lowest BCUT2D eigenvalue weighted by Gasteiger charge is -2.33. The summed E-state index contributed by atoms with van der Waals surface area (Å²) in [7, 11) is 0. The van der Waals surface area contributed by atoms with Crippen molar-refractivity contribution in [2.24, 2.45) is 5.92 Å². The molecule has 132 valence electrons. The summed E-state index contributed by atoms with van der Waals surface area (Å²) in [5.41, 5.74) is -0.584. The first kappa shape index (κ1) is 18.0. The lowest BCUT2D eigenvalue weighted by Crippen LogP contribution is -2.44. The van der Waals surface area contributed by atoms with E-state index in [4.69, 9.17) is 9.47 Å². The number of amides is 1. The number of nitro groups is 1. The highest BCUT2D eigenvalue weighted by molar-refractivity contribution is 5.68. The van der Waals surface area contributed by atoms with Crippen molar-refractivity contribution in [3.63, 3.8) is 0 Å². The fraction of sp³-hybridized carbons (Fsp3) is 0.625. The molecular weight excluding hydrogens is 314 g/mol. The maximum atomic E-state index is 12.1. The molecule has 0 bridgehead atoms. The van der Waals surface area contributed by atoms with E-state index in [0.717, 1.165) is 12.8 Å². The molecule has 0 saturated carbocycles. The number of hydrogen-bond acceptors (Lipinski definition) is 6. The van der Waals surface area contributed by atoms with Crippen molar-refractivity contribution < 1.29 is 19.2 Å². The number of hydrogen-bond donors (Lipinski definition) is 0. The number of likely N-dealkylation sites (tertiary alicyclic amines) is 1. The fourth-order valence-electron chi connectivity index (χ4n) is 2.46. The van der Waals surface area contributed by atoms with Crippen molar-refractivity contribution >= 4 is 11.8 Å². The highest BCUT2D eigenvalue weighted by atomic mass is 16.6. The summed E-state index contributed by atoms with van der Waals surface area (Å²) in [5.74, 6) is 0.526. The van der Waals surface area contributed by atoms with Crippen molar-refractivity contribution in [2.75, 3.05) is 19.7 Å². The second kappa shape index (κ2) is 7.46. The monoisotopic (exact) mass is 337 g/mol. The largest absolute Gasteiger partial charge is 0.477 e. The Morgan fingerprint density at radius 3 is 2.79 bits per heavy atom. The van der Waals surface area contributed by atoms with E-state index in [1.807, 2.05) is 20.8 Å². The normalized spacial score (nSPS) is 18.1. The zero-order chi connectivity index (χ0) is 17.7. The van der Waals surface area contributed by atoms with Gasteiger partial charge in [0.05, 0.1) is 11.5 Å². The third-order valence-corrected chi connectivity index (χ3v) is 3.57. The third kappa shape index (κ3) is 5.36. The van der Waals surface area contributed by atoms with Gasteiger partial charge in [0.2, 0.25) is 5.88 Å². The SMILES string of the molecule is CC(C)(C)OC(=O)N1CCCC(COc2ccc([N+](=O)[O-])cn2)C1. The van der Waals surface area contributed by atoms with Crippen LogP contribution < -0.4 is 4.74 Å². The van der Waals surface area contributed by atoms with Crippen molar-refractivity contribution in [2.45, 2.75) is 39.2 Å². The predicted octanol–water partition coefficient (Wildman–Crippen LogP) is 3.02. The Hall–Kier alpha value is -2.38. The van der Waals surface area contributed by atoms with Crippen LogP contribution in [-0.4, -0.2) is 46.2 Å². The summed E-state index contributed by atoms with van der Waals surface area (Å²) in [6.45, 7) is 7.19. The summed E-state index contributed by atoms with van der Waals surface area (Å²) in [4.78, 5) is 27.8. The Morgan fingerprint density at radius 1 is 1.46 bits per heavy atom.